The summed E-state index contributed by atoms with van der Waals surface area (Å²) in [6.45, 7) is 4.61. The molecule has 32 heavy (non-hydrogen) atoms. The Morgan fingerprint density at radius 1 is 1.03 bits per heavy atom. The lowest BCUT2D eigenvalue weighted by atomic mass is 10.2. The first-order chi connectivity index (χ1) is 15.6. The molecule has 3 aromatic rings. The minimum absolute atomic E-state index is 0.0729. The van der Waals surface area contributed by atoms with Crippen LogP contribution >= 0.6 is 0 Å². The van der Waals surface area contributed by atoms with Crippen molar-refractivity contribution in [1.29, 1.82) is 0 Å². The quantitative estimate of drug-likeness (QED) is 0.561. The molecule has 4 rings (SSSR count). The number of amides is 1. The van der Waals surface area contributed by atoms with Crippen LogP contribution in [0, 0.1) is 0 Å². The predicted molar refractivity (Wildman–Crippen MR) is 121 cm³/mol. The van der Waals surface area contributed by atoms with E-state index in [-0.39, 0.29) is 18.9 Å². The van der Waals surface area contributed by atoms with E-state index in [2.05, 4.69) is 54.3 Å². The third-order valence-corrected chi connectivity index (χ3v) is 5.34. The lowest BCUT2D eigenvalue weighted by Crippen LogP contribution is -2.46. The Labute approximate surface area is 184 Å². The maximum Gasteiger partial charge on any atom is 0.328 e. The van der Waals surface area contributed by atoms with E-state index < -0.39 is 11.2 Å². The standard InChI is InChI=1S/C22H25N7O3/c30-20(6-8-29-9-7-21(31)26-22(29)32)25-18-14-19(24-16-23-18)28-12-10-27(11-13-28)15-17-4-2-1-3-5-17/h1-5,7,9,14,16H,6,8,10-13,15H2,(H,26,31,32)(H,23,24,25,30). The normalized spacial score (nSPS) is 14.3. The zero-order chi connectivity index (χ0) is 22.3. The molecule has 10 nitrogen and oxygen atoms in total. The number of benzene rings is 1. The minimum atomic E-state index is -0.541. The highest BCUT2D eigenvalue weighted by atomic mass is 16.2. The summed E-state index contributed by atoms with van der Waals surface area (Å²) < 4.78 is 1.28. The zero-order valence-electron chi connectivity index (χ0n) is 17.6. The van der Waals surface area contributed by atoms with Crippen molar-refractivity contribution in [2.45, 2.75) is 19.5 Å². The molecule has 1 aliphatic heterocycles. The van der Waals surface area contributed by atoms with Gasteiger partial charge < -0.3 is 14.8 Å². The number of hydrogen-bond donors (Lipinski definition) is 2. The summed E-state index contributed by atoms with van der Waals surface area (Å²) in [7, 11) is 0. The fourth-order valence-electron chi connectivity index (χ4n) is 3.61. The molecule has 0 bridgehead atoms. The highest BCUT2D eigenvalue weighted by molar-refractivity contribution is 5.89. The van der Waals surface area contributed by atoms with Crippen molar-refractivity contribution in [1.82, 2.24) is 24.4 Å². The zero-order valence-corrected chi connectivity index (χ0v) is 17.6. The van der Waals surface area contributed by atoms with Crippen molar-refractivity contribution in [2.75, 3.05) is 36.4 Å². The molecule has 0 unspecified atom stereocenters. The molecular formula is C22H25N7O3. The van der Waals surface area contributed by atoms with E-state index >= 15 is 0 Å². The van der Waals surface area contributed by atoms with Crippen LogP contribution in [0.1, 0.15) is 12.0 Å². The molecule has 2 N–H and O–H groups in total. The number of carbonyl (C=O) groups excluding carboxylic acids is 1. The van der Waals surface area contributed by atoms with Crippen molar-refractivity contribution in [2.24, 2.45) is 0 Å². The van der Waals surface area contributed by atoms with Crippen LogP contribution in [-0.2, 0) is 17.9 Å². The van der Waals surface area contributed by atoms with Gasteiger partial charge in [-0.25, -0.2) is 14.8 Å². The molecule has 1 amide bonds. The molecule has 2 aromatic heterocycles. The summed E-state index contributed by atoms with van der Waals surface area (Å²) in [5.74, 6) is 0.910. The molecule has 0 saturated carbocycles. The first kappa shape index (κ1) is 21.4. The van der Waals surface area contributed by atoms with Crippen molar-refractivity contribution in [3.05, 3.63) is 81.4 Å². The van der Waals surface area contributed by atoms with Crippen LogP contribution in [0.25, 0.3) is 0 Å². The minimum Gasteiger partial charge on any atom is -0.354 e. The molecule has 0 radical (unpaired) electrons. The van der Waals surface area contributed by atoms with E-state index in [1.165, 1.54) is 28.7 Å². The van der Waals surface area contributed by atoms with Gasteiger partial charge in [0.1, 0.15) is 18.0 Å². The van der Waals surface area contributed by atoms with Crippen LogP contribution in [0.2, 0.25) is 0 Å². The van der Waals surface area contributed by atoms with E-state index in [0.29, 0.717) is 5.82 Å². The van der Waals surface area contributed by atoms with Gasteiger partial charge in [-0.2, -0.15) is 0 Å². The Morgan fingerprint density at radius 3 is 2.56 bits per heavy atom. The highest BCUT2D eigenvalue weighted by Gasteiger charge is 2.19. The second kappa shape index (κ2) is 10.0. The molecule has 10 heteroatoms. The Hall–Kier alpha value is -3.79. The number of nitrogens with zero attached hydrogens (tertiary/aromatic N) is 5. The van der Waals surface area contributed by atoms with E-state index in [1.54, 1.807) is 6.07 Å². The SMILES string of the molecule is O=C(CCn1ccc(=O)[nH]c1=O)Nc1cc(N2CCN(Cc3ccccc3)CC2)ncn1. The van der Waals surface area contributed by atoms with Gasteiger partial charge in [-0.05, 0) is 5.56 Å². The first-order valence-electron chi connectivity index (χ1n) is 10.5. The van der Waals surface area contributed by atoms with Gasteiger partial charge in [0.05, 0.1) is 0 Å². The van der Waals surface area contributed by atoms with Crippen molar-refractivity contribution < 1.29 is 4.79 Å². The number of anilines is 2. The molecule has 3 heterocycles. The molecule has 166 valence electrons. The topological polar surface area (TPSA) is 116 Å². The van der Waals surface area contributed by atoms with Crippen LogP contribution in [0.15, 0.2) is 64.6 Å². The van der Waals surface area contributed by atoms with Crippen LogP contribution in [-0.4, -0.2) is 56.5 Å². The van der Waals surface area contributed by atoms with Crippen LogP contribution < -0.4 is 21.5 Å². The number of piperazine rings is 1. The van der Waals surface area contributed by atoms with Crippen LogP contribution in [0.5, 0.6) is 0 Å². The number of nitrogens with one attached hydrogen (secondary N) is 2. The molecule has 0 aliphatic carbocycles. The van der Waals surface area contributed by atoms with Gasteiger partial charge in [-0.1, -0.05) is 30.3 Å². The van der Waals surface area contributed by atoms with Crippen LogP contribution in [0.3, 0.4) is 0 Å². The Balaban J connectivity index is 1.29. The predicted octanol–water partition coefficient (Wildman–Crippen LogP) is 0.678. The first-order valence-corrected chi connectivity index (χ1v) is 10.5. The average molecular weight is 435 g/mol. The summed E-state index contributed by atoms with van der Waals surface area (Å²) in [6.07, 6.45) is 2.88. The van der Waals surface area contributed by atoms with Gasteiger partial charge >= 0.3 is 5.69 Å². The average Bonchev–Trinajstić information content (AvgIpc) is 2.80. The van der Waals surface area contributed by atoms with Gasteiger partial charge in [0.2, 0.25) is 5.91 Å². The molecular weight excluding hydrogens is 410 g/mol. The van der Waals surface area contributed by atoms with Gasteiger partial charge in [-0.15, -0.1) is 0 Å². The molecule has 0 atom stereocenters. The maximum atomic E-state index is 12.3. The van der Waals surface area contributed by atoms with Gasteiger partial charge in [-0.3, -0.25) is 19.5 Å². The number of rotatable bonds is 7. The largest absolute Gasteiger partial charge is 0.354 e. The lowest BCUT2D eigenvalue weighted by molar-refractivity contribution is -0.116. The third-order valence-electron chi connectivity index (χ3n) is 5.34. The van der Waals surface area contributed by atoms with E-state index in [9.17, 15) is 14.4 Å². The molecule has 0 spiro atoms. The monoisotopic (exact) mass is 435 g/mol. The van der Waals surface area contributed by atoms with Gasteiger partial charge in [0, 0.05) is 64.0 Å². The Morgan fingerprint density at radius 2 is 1.81 bits per heavy atom. The molecule has 1 aromatic carbocycles. The van der Waals surface area contributed by atoms with Crippen LogP contribution in [0.4, 0.5) is 11.6 Å². The maximum absolute atomic E-state index is 12.3. The molecule has 1 fully saturated rings. The Bertz CT molecular complexity index is 1170. The number of hydrogen-bond acceptors (Lipinski definition) is 7. The Kier molecular flexibility index (Phi) is 6.71. The lowest BCUT2D eigenvalue weighted by Gasteiger charge is -2.35. The fraction of sp³-hybridized carbons (Fsp3) is 0.318. The highest BCUT2D eigenvalue weighted by Crippen LogP contribution is 2.17. The molecule has 1 saturated heterocycles. The molecule has 1 aliphatic rings. The van der Waals surface area contributed by atoms with Gasteiger partial charge in [0.25, 0.3) is 5.56 Å². The van der Waals surface area contributed by atoms with E-state index in [4.69, 9.17) is 0 Å². The summed E-state index contributed by atoms with van der Waals surface area (Å²) in [5.41, 5.74) is 0.295. The van der Waals surface area contributed by atoms with E-state index in [1.807, 2.05) is 6.07 Å². The summed E-state index contributed by atoms with van der Waals surface area (Å²) in [5, 5.41) is 2.75. The fourth-order valence-corrected chi connectivity index (χ4v) is 3.61. The summed E-state index contributed by atoms with van der Waals surface area (Å²) >= 11 is 0. The van der Waals surface area contributed by atoms with Crippen molar-refractivity contribution in [3.63, 3.8) is 0 Å². The smallest absolute Gasteiger partial charge is 0.328 e. The number of aryl methyl sites for hydroxylation is 1. The summed E-state index contributed by atoms with van der Waals surface area (Å²) in [4.78, 5) is 50.4. The number of aromatic amines is 1. The summed E-state index contributed by atoms with van der Waals surface area (Å²) in [6, 6.07) is 13.4. The van der Waals surface area contributed by atoms with Gasteiger partial charge in [0.15, 0.2) is 0 Å². The second-order valence-corrected chi connectivity index (χ2v) is 7.61. The third kappa shape index (κ3) is 5.67. The second-order valence-electron chi connectivity index (χ2n) is 7.61. The van der Waals surface area contributed by atoms with Crippen molar-refractivity contribution in [3.8, 4) is 0 Å². The number of aromatic nitrogens is 4. The van der Waals surface area contributed by atoms with E-state index in [0.717, 1.165) is 38.5 Å². The number of carbonyl (C=O) groups is 1. The number of H-pyrrole nitrogens is 1. The van der Waals surface area contributed by atoms with Crippen molar-refractivity contribution >= 4 is 17.5 Å².